The Labute approximate surface area is 137 Å². The second-order valence-electron chi connectivity index (χ2n) is 6.76. The van der Waals surface area contributed by atoms with Crippen LogP contribution in [0.4, 0.5) is 0 Å². The zero-order valence-corrected chi connectivity index (χ0v) is 13.8. The molecule has 2 N–H and O–H groups in total. The predicted molar refractivity (Wildman–Crippen MR) is 86.0 cm³/mol. The Morgan fingerprint density at radius 1 is 1.09 bits per heavy atom. The number of nitrogens with one attached hydrogen (secondary N) is 2. The topological polar surface area (TPSA) is 73.9 Å². The zero-order chi connectivity index (χ0) is 16.1. The molecule has 7 heteroatoms. The van der Waals surface area contributed by atoms with Crippen LogP contribution >= 0.6 is 0 Å². The van der Waals surface area contributed by atoms with E-state index in [0.29, 0.717) is 32.2 Å². The minimum atomic E-state index is 0.116. The largest absolute Gasteiger partial charge is 0.377 e. The van der Waals surface area contributed by atoms with Gasteiger partial charge in [0.05, 0.1) is 19.2 Å². The fraction of sp³-hybridized carbons (Fsp3) is 0.875. The minimum Gasteiger partial charge on any atom is -0.377 e. The third-order valence-corrected chi connectivity index (χ3v) is 4.71. The molecule has 2 heterocycles. The SMILES string of the molecule is O=C(CN1CCN(C(=O)CNCC2CCCO2)CC1)NC1CC1. The van der Waals surface area contributed by atoms with Gasteiger partial charge in [0.2, 0.25) is 11.8 Å². The van der Waals surface area contributed by atoms with Crippen molar-refractivity contribution in [3.63, 3.8) is 0 Å². The van der Waals surface area contributed by atoms with Crippen LogP contribution in [0.15, 0.2) is 0 Å². The number of rotatable bonds is 7. The summed E-state index contributed by atoms with van der Waals surface area (Å²) in [6.45, 7) is 5.39. The van der Waals surface area contributed by atoms with E-state index in [2.05, 4.69) is 15.5 Å². The number of hydrogen-bond donors (Lipinski definition) is 2. The summed E-state index contributed by atoms with van der Waals surface area (Å²) in [6.07, 6.45) is 4.71. The van der Waals surface area contributed by atoms with E-state index in [1.165, 1.54) is 0 Å². The molecule has 0 aromatic rings. The van der Waals surface area contributed by atoms with E-state index in [9.17, 15) is 9.59 Å². The zero-order valence-electron chi connectivity index (χ0n) is 13.8. The second-order valence-corrected chi connectivity index (χ2v) is 6.76. The van der Waals surface area contributed by atoms with Crippen molar-refractivity contribution in [1.29, 1.82) is 0 Å². The molecule has 2 amide bonds. The average molecular weight is 324 g/mol. The molecule has 0 aromatic carbocycles. The maximum atomic E-state index is 12.2. The Morgan fingerprint density at radius 3 is 2.52 bits per heavy atom. The smallest absolute Gasteiger partial charge is 0.236 e. The van der Waals surface area contributed by atoms with Crippen LogP contribution < -0.4 is 10.6 Å². The van der Waals surface area contributed by atoms with Crippen LogP contribution in [0.2, 0.25) is 0 Å². The molecule has 3 fully saturated rings. The van der Waals surface area contributed by atoms with E-state index in [1.54, 1.807) is 0 Å². The molecule has 1 saturated carbocycles. The van der Waals surface area contributed by atoms with Crippen LogP contribution in [0.3, 0.4) is 0 Å². The van der Waals surface area contributed by atoms with E-state index < -0.39 is 0 Å². The molecule has 3 rings (SSSR count). The van der Waals surface area contributed by atoms with Crippen LogP contribution in [-0.4, -0.2) is 86.2 Å². The number of amides is 2. The van der Waals surface area contributed by atoms with Crippen LogP contribution in [-0.2, 0) is 14.3 Å². The summed E-state index contributed by atoms with van der Waals surface area (Å²) in [6, 6.07) is 0.417. The lowest BCUT2D eigenvalue weighted by atomic mass is 10.2. The molecule has 1 aliphatic carbocycles. The lowest BCUT2D eigenvalue weighted by Crippen LogP contribution is -2.53. The third-order valence-electron chi connectivity index (χ3n) is 4.71. The number of ether oxygens (including phenoxy) is 1. The molecule has 1 atom stereocenters. The normalized spacial score (nSPS) is 25.6. The Morgan fingerprint density at radius 2 is 1.87 bits per heavy atom. The van der Waals surface area contributed by atoms with Gasteiger partial charge in [0.25, 0.3) is 0 Å². The molecular weight excluding hydrogens is 296 g/mol. The first-order chi connectivity index (χ1) is 11.2. The van der Waals surface area contributed by atoms with Crippen molar-refractivity contribution in [3.8, 4) is 0 Å². The fourth-order valence-corrected chi connectivity index (χ4v) is 3.12. The van der Waals surface area contributed by atoms with Gasteiger partial charge in [-0.05, 0) is 25.7 Å². The molecule has 7 nitrogen and oxygen atoms in total. The van der Waals surface area contributed by atoms with Crippen LogP contribution in [0.1, 0.15) is 25.7 Å². The molecule has 1 unspecified atom stereocenters. The molecule has 0 spiro atoms. The quantitative estimate of drug-likeness (QED) is 0.640. The van der Waals surface area contributed by atoms with Crippen molar-refractivity contribution in [1.82, 2.24) is 20.4 Å². The predicted octanol–water partition coefficient (Wildman–Crippen LogP) is -0.822. The van der Waals surface area contributed by atoms with E-state index in [-0.39, 0.29) is 17.9 Å². The Kier molecular flexibility index (Phi) is 5.85. The maximum absolute atomic E-state index is 12.2. The molecular formula is C16H28N4O3. The van der Waals surface area contributed by atoms with Crippen molar-refractivity contribution in [2.45, 2.75) is 37.8 Å². The Balaban J connectivity index is 1.28. The number of hydrogen-bond acceptors (Lipinski definition) is 5. The van der Waals surface area contributed by atoms with Gasteiger partial charge in [-0.25, -0.2) is 0 Å². The lowest BCUT2D eigenvalue weighted by molar-refractivity contribution is -0.132. The summed E-state index contributed by atoms with van der Waals surface area (Å²) < 4.78 is 5.53. The highest BCUT2D eigenvalue weighted by atomic mass is 16.5. The number of carbonyl (C=O) groups excluding carboxylic acids is 2. The Hall–Kier alpha value is -1.18. The van der Waals surface area contributed by atoms with Crippen molar-refractivity contribution >= 4 is 11.8 Å². The lowest BCUT2D eigenvalue weighted by Gasteiger charge is -2.34. The van der Waals surface area contributed by atoms with E-state index in [1.807, 2.05) is 4.90 Å². The van der Waals surface area contributed by atoms with E-state index in [4.69, 9.17) is 4.74 Å². The van der Waals surface area contributed by atoms with Crippen molar-refractivity contribution < 1.29 is 14.3 Å². The van der Waals surface area contributed by atoms with Crippen LogP contribution in [0.5, 0.6) is 0 Å². The first-order valence-corrected chi connectivity index (χ1v) is 8.82. The van der Waals surface area contributed by atoms with Crippen molar-refractivity contribution in [2.24, 2.45) is 0 Å². The van der Waals surface area contributed by atoms with Gasteiger partial charge in [0, 0.05) is 45.4 Å². The van der Waals surface area contributed by atoms with Crippen molar-refractivity contribution in [3.05, 3.63) is 0 Å². The van der Waals surface area contributed by atoms with Gasteiger partial charge in [0.1, 0.15) is 0 Å². The molecule has 3 aliphatic rings. The van der Waals surface area contributed by atoms with E-state index in [0.717, 1.165) is 51.9 Å². The summed E-state index contributed by atoms with van der Waals surface area (Å²) in [4.78, 5) is 28.0. The summed E-state index contributed by atoms with van der Waals surface area (Å²) in [5.74, 6) is 0.260. The monoisotopic (exact) mass is 324 g/mol. The minimum absolute atomic E-state index is 0.116. The summed E-state index contributed by atoms with van der Waals surface area (Å²) in [5, 5.41) is 6.21. The van der Waals surface area contributed by atoms with Gasteiger partial charge in [-0.1, -0.05) is 0 Å². The van der Waals surface area contributed by atoms with Crippen molar-refractivity contribution in [2.75, 3.05) is 52.4 Å². The maximum Gasteiger partial charge on any atom is 0.236 e. The van der Waals surface area contributed by atoms with Gasteiger partial charge in [-0.3, -0.25) is 14.5 Å². The highest BCUT2D eigenvalue weighted by Crippen LogP contribution is 2.18. The molecule has 0 aromatic heterocycles. The molecule has 0 radical (unpaired) electrons. The van der Waals surface area contributed by atoms with Crippen LogP contribution in [0, 0.1) is 0 Å². The summed E-state index contributed by atoms with van der Waals surface area (Å²) in [7, 11) is 0. The molecule has 2 aliphatic heterocycles. The fourth-order valence-electron chi connectivity index (χ4n) is 3.12. The first kappa shape index (κ1) is 16.7. The molecule has 130 valence electrons. The summed E-state index contributed by atoms with van der Waals surface area (Å²) in [5.41, 5.74) is 0. The Bertz CT molecular complexity index is 414. The first-order valence-electron chi connectivity index (χ1n) is 8.82. The number of nitrogens with zero attached hydrogens (tertiary/aromatic N) is 2. The molecule has 23 heavy (non-hydrogen) atoms. The van der Waals surface area contributed by atoms with Crippen LogP contribution in [0.25, 0.3) is 0 Å². The molecule has 0 bridgehead atoms. The van der Waals surface area contributed by atoms with E-state index >= 15 is 0 Å². The highest BCUT2D eigenvalue weighted by Gasteiger charge is 2.26. The van der Waals surface area contributed by atoms with Gasteiger partial charge in [-0.15, -0.1) is 0 Å². The summed E-state index contributed by atoms with van der Waals surface area (Å²) >= 11 is 0. The standard InChI is InChI=1S/C16H28N4O3/c21-15(18-13-3-4-13)12-19-5-7-20(8-6-19)16(22)11-17-10-14-2-1-9-23-14/h13-14,17H,1-12H2,(H,18,21). The number of carbonyl (C=O) groups is 2. The van der Waals surface area contributed by atoms with Gasteiger partial charge in [-0.2, -0.15) is 0 Å². The molecule has 2 saturated heterocycles. The highest BCUT2D eigenvalue weighted by molar-refractivity contribution is 5.79. The van der Waals surface area contributed by atoms with Gasteiger partial charge in [0.15, 0.2) is 0 Å². The number of piperazine rings is 1. The second kappa shape index (κ2) is 8.08. The third kappa shape index (κ3) is 5.44. The van der Waals surface area contributed by atoms with Gasteiger partial charge >= 0.3 is 0 Å². The van der Waals surface area contributed by atoms with Gasteiger partial charge < -0.3 is 20.3 Å². The average Bonchev–Trinajstić information content (AvgIpc) is 3.20.